The number of aromatic nitrogens is 5. The lowest BCUT2D eigenvalue weighted by atomic mass is 9.99. The third kappa shape index (κ3) is 3.34. The fraction of sp³-hybridized carbons (Fsp3) is 0.353. The minimum Gasteiger partial charge on any atom is -0.316 e. The summed E-state index contributed by atoms with van der Waals surface area (Å²) >= 11 is 0. The van der Waals surface area contributed by atoms with Gasteiger partial charge in [-0.25, -0.2) is 4.98 Å². The zero-order valence-electron chi connectivity index (χ0n) is 13.9. The highest BCUT2D eigenvalue weighted by Gasteiger charge is 2.21. The molecule has 2 N–H and O–H groups in total. The Kier molecular flexibility index (Phi) is 4.10. The Bertz CT molecular complexity index is 914. The molecule has 1 fully saturated rings. The minimum atomic E-state index is -0.00107. The number of fused-ring (bicyclic) bond motifs is 1. The molecule has 128 valence electrons. The van der Waals surface area contributed by atoms with Gasteiger partial charge in [0.1, 0.15) is 11.5 Å². The molecule has 1 aliphatic heterocycles. The number of carbonyl (C=O) groups is 1. The Balaban J connectivity index is 1.59. The lowest BCUT2D eigenvalue weighted by molar-refractivity contribution is -0.120. The largest absolute Gasteiger partial charge is 0.316 e. The molecule has 4 heterocycles. The number of aryl methyl sites for hydroxylation is 1. The van der Waals surface area contributed by atoms with Crippen molar-refractivity contribution in [1.29, 1.82) is 0 Å². The molecule has 1 saturated heterocycles. The first-order chi connectivity index (χ1) is 12.2. The second kappa shape index (κ2) is 6.56. The van der Waals surface area contributed by atoms with Crippen molar-refractivity contribution in [1.82, 2.24) is 30.3 Å². The second-order valence-corrected chi connectivity index (χ2v) is 6.30. The van der Waals surface area contributed by atoms with Crippen molar-refractivity contribution in [2.24, 2.45) is 13.0 Å². The highest BCUT2D eigenvalue weighted by molar-refractivity contribution is 5.94. The van der Waals surface area contributed by atoms with Gasteiger partial charge in [0.2, 0.25) is 5.91 Å². The van der Waals surface area contributed by atoms with Crippen LogP contribution >= 0.6 is 0 Å². The number of anilines is 1. The van der Waals surface area contributed by atoms with Crippen molar-refractivity contribution < 1.29 is 4.79 Å². The fourth-order valence-electron chi connectivity index (χ4n) is 3.02. The SMILES string of the molecule is Cn1cc(-c2cc3cc(NC(=O)C4CCCNC4)ncc3cn2)nn1. The molecule has 8 nitrogen and oxygen atoms in total. The molecule has 0 aromatic carbocycles. The van der Waals surface area contributed by atoms with Crippen LogP contribution in [0, 0.1) is 5.92 Å². The second-order valence-electron chi connectivity index (χ2n) is 6.30. The Hall–Kier alpha value is -2.87. The summed E-state index contributed by atoms with van der Waals surface area (Å²) in [7, 11) is 1.81. The maximum Gasteiger partial charge on any atom is 0.229 e. The summed E-state index contributed by atoms with van der Waals surface area (Å²) in [6.45, 7) is 1.70. The van der Waals surface area contributed by atoms with Crippen LogP contribution in [0.4, 0.5) is 5.82 Å². The van der Waals surface area contributed by atoms with E-state index in [-0.39, 0.29) is 11.8 Å². The quantitative estimate of drug-likeness (QED) is 0.749. The van der Waals surface area contributed by atoms with Crippen molar-refractivity contribution in [2.45, 2.75) is 12.8 Å². The summed E-state index contributed by atoms with van der Waals surface area (Å²) in [6.07, 6.45) is 7.22. The van der Waals surface area contributed by atoms with Gasteiger partial charge in [-0.2, -0.15) is 0 Å². The highest BCUT2D eigenvalue weighted by atomic mass is 16.2. The molecule has 8 heteroatoms. The highest BCUT2D eigenvalue weighted by Crippen LogP contribution is 2.22. The van der Waals surface area contributed by atoms with E-state index in [2.05, 4.69) is 30.9 Å². The molecule has 1 unspecified atom stereocenters. The molecule has 0 radical (unpaired) electrons. The molecule has 0 bridgehead atoms. The summed E-state index contributed by atoms with van der Waals surface area (Å²) in [4.78, 5) is 21.1. The maximum atomic E-state index is 12.4. The van der Waals surface area contributed by atoms with Crippen LogP contribution in [0.3, 0.4) is 0 Å². The van der Waals surface area contributed by atoms with E-state index in [9.17, 15) is 4.79 Å². The maximum absolute atomic E-state index is 12.4. The average molecular weight is 337 g/mol. The summed E-state index contributed by atoms with van der Waals surface area (Å²) in [5.74, 6) is 0.570. The van der Waals surface area contributed by atoms with Crippen LogP contribution in [0.5, 0.6) is 0 Å². The number of carbonyl (C=O) groups excluding carboxylic acids is 1. The molecular formula is C17H19N7O. The van der Waals surface area contributed by atoms with Crippen molar-refractivity contribution in [3.63, 3.8) is 0 Å². The van der Waals surface area contributed by atoms with Gasteiger partial charge in [-0.05, 0) is 36.9 Å². The van der Waals surface area contributed by atoms with Gasteiger partial charge in [-0.3, -0.25) is 14.5 Å². The summed E-state index contributed by atoms with van der Waals surface area (Å²) in [5.41, 5.74) is 1.45. The van der Waals surface area contributed by atoms with Crippen LogP contribution in [-0.2, 0) is 11.8 Å². The van der Waals surface area contributed by atoms with Crippen molar-refractivity contribution >= 4 is 22.5 Å². The number of rotatable bonds is 3. The summed E-state index contributed by atoms with van der Waals surface area (Å²) < 4.78 is 1.64. The molecule has 1 aliphatic rings. The normalized spacial score (nSPS) is 17.6. The van der Waals surface area contributed by atoms with Gasteiger partial charge < -0.3 is 10.6 Å². The molecule has 0 spiro atoms. The molecule has 1 atom stereocenters. The number of nitrogens with zero attached hydrogens (tertiary/aromatic N) is 5. The third-order valence-corrected chi connectivity index (χ3v) is 4.39. The fourth-order valence-corrected chi connectivity index (χ4v) is 3.02. The summed E-state index contributed by atoms with van der Waals surface area (Å²) in [6, 6.07) is 3.80. The van der Waals surface area contributed by atoms with Gasteiger partial charge >= 0.3 is 0 Å². The Morgan fingerprint density at radius 3 is 2.88 bits per heavy atom. The first-order valence-electron chi connectivity index (χ1n) is 8.33. The average Bonchev–Trinajstić information content (AvgIpc) is 3.08. The Morgan fingerprint density at radius 1 is 1.24 bits per heavy atom. The van der Waals surface area contributed by atoms with Crippen molar-refractivity contribution in [3.8, 4) is 11.4 Å². The van der Waals surface area contributed by atoms with Gasteiger partial charge in [-0.1, -0.05) is 5.21 Å². The van der Waals surface area contributed by atoms with Crippen LogP contribution in [-0.4, -0.2) is 44.0 Å². The molecule has 3 aromatic heterocycles. The molecule has 0 aliphatic carbocycles. The van der Waals surface area contributed by atoms with Crippen LogP contribution in [0.25, 0.3) is 22.2 Å². The molecule has 4 rings (SSSR count). The van der Waals surface area contributed by atoms with E-state index in [1.165, 1.54) is 0 Å². The Morgan fingerprint density at radius 2 is 2.12 bits per heavy atom. The van der Waals surface area contributed by atoms with Gasteiger partial charge in [0, 0.05) is 31.4 Å². The van der Waals surface area contributed by atoms with E-state index in [4.69, 9.17) is 0 Å². The van der Waals surface area contributed by atoms with Gasteiger partial charge in [-0.15, -0.1) is 5.10 Å². The van der Waals surface area contributed by atoms with Crippen LogP contribution < -0.4 is 10.6 Å². The van der Waals surface area contributed by atoms with E-state index < -0.39 is 0 Å². The lowest BCUT2D eigenvalue weighted by Gasteiger charge is -2.21. The van der Waals surface area contributed by atoms with Crippen LogP contribution in [0.2, 0.25) is 0 Å². The number of nitrogens with one attached hydrogen (secondary N) is 2. The van der Waals surface area contributed by atoms with Crippen molar-refractivity contribution in [2.75, 3.05) is 18.4 Å². The summed E-state index contributed by atoms with van der Waals surface area (Å²) in [5, 5.41) is 16.0. The zero-order valence-corrected chi connectivity index (χ0v) is 13.9. The van der Waals surface area contributed by atoms with Crippen LogP contribution in [0.15, 0.2) is 30.7 Å². The van der Waals surface area contributed by atoms with Gasteiger partial charge in [0.05, 0.1) is 17.8 Å². The third-order valence-electron chi connectivity index (χ3n) is 4.39. The van der Waals surface area contributed by atoms with Crippen molar-refractivity contribution in [3.05, 3.63) is 30.7 Å². The number of amides is 1. The number of piperidine rings is 1. The van der Waals surface area contributed by atoms with Gasteiger partial charge in [0.25, 0.3) is 0 Å². The predicted molar refractivity (Wildman–Crippen MR) is 93.8 cm³/mol. The first-order valence-corrected chi connectivity index (χ1v) is 8.33. The van der Waals surface area contributed by atoms with E-state index in [1.54, 1.807) is 17.1 Å². The number of hydrogen-bond donors (Lipinski definition) is 2. The first kappa shape index (κ1) is 15.6. The van der Waals surface area contributed by atoms with E-state index >= 15 is 0 Å². The minimum absolute atomic E-state index is 0.00107. The van der Waals surface area contributed by atoms with E-state index in [1.807, 2.05) is 25.4 Å². The van der Waals surface area contributed by atoms with E-state index in [0.717, 1.165) is 42.4 Å². The smallest absolute Gasteiger partial charge is 0.229 e. The molecule has 3 aromatic rings. The van der Waals surface area contributed by atoms with E-state index in [0.29, 0.717) is 11.5 Å². The lowest BCUT2D eigenvalue weighted by Crippen LogP contribution is -2.37. The molecule has 1 amide bonds. The predicted octanol–water partition coefficient (Wildman–Crippen LogP) is 1.36. The standard InChI is InChI=1S/C17H19N7O/c1-24-10-15(22-23-24)14-5-12-6-16(20-9-13(12)8-19-14)21-17(25)11-3-2-4-18-7-11/h5-6,8-11,18H,2-4,7H2,1H3,(H,20,21,25). The number of hydrogen-bond acceptors (Lipinski definition) is 6. The Labute approximate surface area is 144 Å². The zero-order chi connectivity index (χ0) is 17.2. The number of pyridine rings is 2. The van der Waals surface area contributed by atoms with Gasteiger partial charge in [0.15, 0.2) is 0 Å². The monoisotopic (exact) mass is 337 g/mol. The molecular weight excluding hydrogens is 318 g/mol. The molecule has 25 heavy (non-hydrogen) atoms. The molecule has 0 saturated carbocycles. The van der Waals surface area contributed by atoms with Crippen LogP contribution in [0.1, 0.15) is 12.8 Å². The topological polar surface area (TPSA) is 97.6 Å².